The van der Waals surface area contributed by atoms with Gasteiger partial charge in [0, 0.05) is 32.6 Å². The molecule has 1 N–H and O–H groups in total. The van der Waals surface area contributed by atoms with E-state index in [9.17, 15) is 0 Å². The van der Waals surface area contributed by atoms with Gasteiger partial charge in [-0.15, -0.1) is 35.3 Å². The van der Waals surface area contributed by atoms with Crippen LogP contribution < -0.4 is 10.1 Å². The molecule has 0 spiro atoms. The molecule has 0 bridgehead atoms. The molecular formula is C23H36IN5OS. The van der Waals surface area contributed by atoms with Crippen molar-refractivity contribution in [2.24, 2.45) is 10.9 Å². The number of hydrogen-bond donors (Lipinski definition) is 1. The molecule has 0 aliphatic carbocycles. The summed E-state index contributed by atoms with van der Waals surface area (Å²) in [6.45, 7) is 7.85. The lowest BCUT2D eigenvalue weighted by Crippen LogP contribution is -2.44. The van der Waals surface area contributed by atoms with Crippen LogP contribution in [0.25, 0.3) is 0 Å². The van der Waals surface area contributed by atoms with Crippen LogP contribution in [0.4, 0.5) is 0 Å². The molecule has 0 radical (unpaired) electrons. The van der Waals surface area contributed by atoms with E-state index in [1.54, 1.807) is 11.3 Å². The number of thiazole rings is 1. The lowest BCUT2D eigenvalue weighted by Gasteiger charge is -2.32. The van der Waals surface area contributed by atoms with E-state index in [1.165, 1.54) is 23.5 Å². The van der Waals surface area contributed by atoms with Gasteiger partial charge < -0.3 is 15.0 Å². The van der Waals surface area contributed by atoms with Gasteiger partial charge in [0.2, 0.25) is 0 Å². The highest BCUT2D eigenvalue weighted by Crippen LogP contribution is 2.19. The van der Waals surface area contributed by atoms with Gasteiger partial charge in [-0.2, -0.15) is 0 Å². The molecule has 1 aliphatic heterocycles. The number of guanidine groups is 1. The van der Waals surface area contributed by atoms with E-state index < -0.39 is 0 Å². The highest BCUT2D eigenvalue weighted by Gasteiger charge is 2.20. The second-order valence-electron chi connectivity index (χ2n) is 7.82. The number of likely N-dealkylation sites (tertiary alicyclic amines) is 1. The maximum atomic E-state index is 5.80. The number of hydrogen-bond acceptors (Lipinski definition) is 5. The molecule has 1 fully saturated rings. The number of nitrogens with one attached hydrogen (secondary N) is 1. The highest BCUT2D eigenvalue weighted by molar-refractivity contribution is 14.0. The number of nitrogens with zero attached hydrogens (tertiary/aromatic N) is 4. The van der Waals surface area contributed by atoms with Crippen LogP contribution in [0.1, 0.15) is 30.5 Å². The minimum absolute atomic E-state index is 0. The fourth-order valence-electron chi connectivity index (χ4n) is 3.71. The molecule has 3 rings (SSSR count). The lowest BCUT2D eigenvalue weighted by molar-refractivity contribution is 0.176. The Kier molecular flexibility index (Phi) is 11.6. The molecule has 0 saturated carbocycles. The van der Waals surface area contributed by atoms with E-state index in [0.717, 1.165) is 50.9 Å². The molecule has 1 aromatic carbocycles. The van der Waals surface area contributed by atoms with E-state index in [4.69, 9.17) is 9.72 Å². The van der Waals surface area contributed by atoms with E-state index in [-0.39, 0.29) is 24.0 Å². The minimum Gasteiger partial charge on any atom is -0.492 e. The van der Waals surface area contributed by atoms with Gasteiger partial charge >= 0.3 is 0 Å². The second kappa shape index (κ2) is 13.9. The van der Waals surface area contributed by atoms with E-state index >= 15 is 0 Å². The van der Waals surface area contributed by atoms with Crippen molar-refractivity contribution in [2.45, 2.75) is 32.7 Å². The zero-order valence-electron chi connectivity index (χ0n) is 18.9. The number of benzene rings is 1. The molecule has 2 aromatic rings. The van der Waals surface area contributed by atoms with Gasteiger partial charge in [0.15, 0.2) is 5.96 Å². The van der Waals surface area contributed by atoms with Crippen molar-refractivity contribution in [3.63, 3.8) is 0 Å². The molecule has 1 aromatic heterocycles. The molecule has 0 unspecified atom stereocenters. The van der Waals surface area contributed by atoms with Crippen LogP contribution in [0.5, 0.6) is 5.75 Å². The quantitative estimate of drug-likeness (QED) is 0.286. The average molecular weight is 558 g/mol. The predicted molar refractivity (Wildman–Crippen MR) is 141 cm³/mol. The Morgan fingerprint density at radius 1 is 1.29 bits per heavy atom. The number of aromatic nitrogens is 1. The summed E-state index contributed by atoms with van der Waals surface area (Å²) in [4.78, 5) is 13.8. The third kappa shape index (κ3) is 8.57. The van der Waals surface area contributed by atoms with Crippen LogP contribution in [0.3, 0.4) is 0 Å². The van der Waals surface area contributed by atoms with E-state index in [0.29, 0.717) is 12.5 Å². The summed E-state index contributed by atoms with van der Waals surface area (Å²) < 4.78 is 5.80. The molecule has 172 valence electrons. The Morgan fingerprint density at radius 3 is 2.68 bits per heavy atom. The molecule has 0 atom stereocenters. The van der Waals surface area contributed by atoms with Gasteiger partial charge in [0.05, 0.1) is 17.2 Å². The number of para-hydroxylation sites is 1. The first kappa shape index (κ1) is 25.9. The summed E-state index contributed by atoms with van der Waals surface area (Å²) >= 11 is 1.78. The first-order valence-electron chi connectivity index (χ1n) is 10.9. The summed E-state index contributed by atoms with van der Waals surface area (Å²) in [6, 6.07) is 9.94. The third-order valence-electron chi connectivity index (χ3n) is 5.56. The Labute approximate surface area is 208 Å². The van der Waals surface area contributed by atoms with Crippen LogP contribution in [-0.4, -0.2) is 67.6 Å². The first-order chi connectivity index (χ1) is 14.7. The van der Waals surface area contributed by atoms with Crippen molar-refractivity contribution in [1.82, 2.24) is 20.1 Å². The second-order valence-corrected chi connectivity index (χ2v) is 8.76. The Balaban J connectivity index is 0.00000341. The molecule has 2 heterocycles. The van der Waals surface area contributed by atoms with Gasteiger partial charge in [-0.05, 0) is 50.4 Å². The van der Waals surface area contributed by atoms with Gasteiger partial charge in [-0.25, -0.2) is 4.98 Å². The topological polar surface area (TPSA) is 53.0 Å². The van der Waals surface area contributed by atoms with E-state index in [1.807, 2.05) is 37.4 Å². The van der Waals surface area contributed by atoms with Gasteiger partial charge in [0.1, 0.15) is 12.4 Å². The van der Waals surface area contributed by atoms with Crippen LogP contribution in [0.2, 0.25) is 0 Å². The minimum atomic E-state index is 0. The number of ether oxygens (including phenoxy) is 1. The maximum Gasteiger partial charge on any atom is 0.193 e. The van der Waals surface area contributed by atoms with Crippen molar-refractivity contribution in [1.29, 1.82) is 0 Å². The summed E-state index contributed by atoms with van der Waals surface area (Å²) in [5, 5.41) is 7.01. The zero-order valence-corrected chi connectivity index (χ0v) is 22.1. The fraction of sp³-hybridized carbons (Fsp3) is 0.565. The third-order valence-corrected chi connectivity index (χ3v) is 6.60. The zero-order chi connectivity index (χ0) is 21.2. The molecular weight excluding hydrogens is 521 g/mol. The average Bonchev–Trinajstić information content (AvgIpc) is 3.23. The SMILES string of the molecule is CCc1nc(CN2CCC(CNC(=NC)N(C)CCOc3ccccc3)CC2)cs1.I. The van der Waals surface area contributed by atoms with Crippen LogP contribution in [0.15, 0.2) is 40.7 Å². The van der Waals surface area contributed by atoms with Gasteiger partial charge in [-0.1, -0.05) is 25.1 Å². The molecule has 6 nitrogen and oxygen atoms in total. The predicted octanol–water partition coefficient (Wildman–Crippen LogP) is 4.12. The highest BCUT2D eigenvalue weighted by atomic mass is 127. The number of rotatable bonds is 9. The maximum absolute atomic E-state index is 5.80. The van der Waals surface area contributed by atoms with Crippen molar-refractivity contribution < 1.29 is 4.74 Å². The molecule has 8 heteroatoms. The lowest BCUT2D eigenvalue weighted by atomic mass is 9.97. The van der Waals surface area contributed by atoms with Gasteiger partial charge in [0.25, 0.3) is 0 Å². The largest absolute Gasteiger partial charge is 0.492 e. The fourth-order valence-corrected chi connectivity index (χ4v) is 4.44. The molecule has 1 saturated heterocycles. The molecule has 0 amide bonds. The number of likely N-dealkylation sites (N-methyl/N-ethyl adjacent to an activating group) is 1. The normalized spacial score (nSPS) is 15.4. The van der Waals surface area contributed by atoms with Crippen molar-refractivity contribution in [3.8, 4) is 5.75 Å². The smallest absolute Gasteiger partial charge is 0.193 e. The monoisotopic (exact) mass is 557 g/mol. The Bertz CT molecular complexity index is 777. The van der Waals surface area contributed by atoms with Crippen LogP contribution in [0, 0.1) is 5.92 Å². The summed E-state index contributed by atoms with van der Waals surface area (Å²) in [6.07, 6.45) is 3.47. The Hall–Kier alpha value is -1.39. The number of aryl methyl sites for hydroxylation is 1. The van der Waals surface area contributed by atoms with Crippen molar-refractivity contribution in [3.05, 3.63) is 46.4 Å². The number of aliphatic imine (C=N–C) groups is 1. The molecule has 1 aliphatic rings. The summed E-state index contributed by atoms with van der Waals surface area (Å²) in [7, 11) is 3.91. The number of piperidine rings is 1. The standard InChI is InChI=1S/C23H35N5OS.HI/c1-4-22-26-20(18-30-22)17-28-12-10-19(11-13-28)16-25-23(24-2)27(3)14-15-29-21-8-6-5-7-9-21;/h5-9,18-19H,4,10-17H2,1-3H3,(H,24,25);1H. The number of halogens is 1. The Morgan fingerprint density at radius 2 is 2.03 bits per heavy atom. The summed E-state index contributed by atoms with van der Waals surface area (Å²) in [5.41, 5.74) is 1.23. The van der Waals surface area contributed by atoms with Crippen LogP contribution >= 0.6 is 35.3 Å². The first-order valence-corrected chi connectivity index (χ1v) is 11.8. The van der Waals surface area contributed by atoms with E-state index in [2.05, 4.69) is 39.5 Å². The summed E-state index contributed by atoms with van der Waals surface area (Å²) in [5.74, 6) is 2.53. The van der Waals surface area contributed by atoms with Crippen LogP contribution in [-0.2, 0) is 13.0 Å². The van der Waals surface area contributed by atoms with Crippen molar-refractivity contribution in [2.75, 3.05) is 46.9 Å². The molecule has 31 heavy (non-hydrogen) atoms. The van der Waals surface area contributed by atoms with Crippen molar-refractivity contribution >= 4 is 41.3 Å². The van der Waals surface area contributed by atoms with Gasteiger partial charge in [-0.3, -0.25) is 9.89 Å².